The predicted molar refractivity (Wildman–Crippen MR) is 107 cm³/mol. The predicted octanol–water partition coefficient (Wildman–Crippen LogP) is 3.13. The quantitative estimate of drug-likeness (QED) is 0.822. The van der Waals surface area contributed by atoms with Gasteiger partial charge >= 0.3 is 0 Å². The van der Waals surface area contributed by atoms with Crippen LogP contribution >= 0.6 is 0 Å². The standard InChI is InChI=1S/C22H28N4O2/c27-21(18-6-8-20(9-7-18)26-15-5-12-23-26)25-16-10-19(11-17-25)22(28)24-13-3-1-2-4-14-24/h5-9,12,15,19H,1-4,10-11,13-14,16-17H2. The molecule has 6 heteroatoms. The van der Waals surface area contributed by atoms with Crippen molar-refractivity contribution in [3.05, 3.63) is 48.3 Å². The molecule has 4 rings (SSSR count). The zero-order valence-corrected chi connectivity index (χ0v) is 16.3. The van der Waals surface area contributed by atoms with Crippen molar-refractivity contribution in [2.75, 3.05) is 26.2 Å². The number of carbonyl (C=O) groups excluding carboxylic acids is 2. The van der Waals surface area contributed by atoms with E-state index in [0.717, 1.165) is 44.5 Å². The van der Waals surface area contributed by atoms with E-state index in [1.807, 2.05) is 41.4 Å². The first-order chi connectivity index (χ1) is 13.7. The van der Waals surface area contributed by atoms with Gasteiger partial charge in [-0.1, -0.05) is 12.8 Å². The molecule has 0 unspecified atom stereocenters. The lowest BCUT2D eigenvalue weighted by atomic mass is 9.94. The van der Waals surface area contributed by atoms with E-state index < -0.39 is 0 Å². The maximum Gasteiger partial charge on any atom is 0.253 e. The van der Waals surface area contributed by atoms with Crippen molar-refractivity contribution in [3.63, 3.8) is 0 Å². The van der Waals surface area contributed by atoms with E-state index in [0.29, 0.717) is 24.6 Å². The topological polar surface area (TPSA) is 58.4 Å². The van der Waals surface area contributed by atoms with Gasteiger partial charge in [-0.3, -0.25) is 9.59 Å². The fraction of sp³-hybridized carbons (Fsp3) is 0.500. The number of piperidine rings is 1. The SMILES string of the molecule is O=C(c1ccc(-n2cccn2)cc1)N1CCC(C(=O)N2CCCCCC2)CC1. The van der Waals surface area contributed by atoms with E-state index in [1.165, 1.54) is 12.8 Å². The molecular formula is C22H28N4O2. The highest BCUT2D eigenvalue weighted by Gasteiger charge is 2.30. The Morgan fingerprint density at radius 1 is 0.857 bits per heavy atom. The molecule has 0 radical (unpaired) electrons. The zero-order chi connectivity index (χ0) is 19.3. The first-order valence-corrected chi connectivity index (χ1v) is 10.4. The summed E-state index contributed by atoms with van der Waals surface area (Å²) in [5.41, 5.74) is 1.62. The lowest BCUT2D eigenvalue weighted by Gasteiger charge is -2.34. The van der Waals surface area contributed by atoms with Gasteiger partial charge in [0.15, 0.2) is 0 Å². The number of aromatic nitrogens is 2. The molecule has 2 aromatic rings. The van der Waals surface area contributed by atoms with Crippen LogP contribution in [0.3, 0.4) is 0 Å². The van der Waals surface area contributed by atoms with E-state index in [4.69, 9.17) is 0 Å². The average molecular weight is 380 g/mol. The molecule has 0 saturated carbocycles. The highest BCUT2D eigenvalue weighted by atomic mass is 16.2. The third kappa shape index (κ3) is 4.11. The van der Waals surface area contributed by atoms with E-state index in [-0.39, 0.29) is 11.8 Å². The molecule has 3 heterocycles. The summed E-state index contributed by atoms with van der Waals surface area (Å²) in [5, 5.41) is 4.21. The monoisotopic (exact) mass is 380 g/mol. The van der Waals surface area contributed by atoms with Crippen molar-refractivity contribution < 1.29 is 9.59 Å². The van der Waals surface area contributed by atoms with Gasteiger partial charge in [0, 0.05) is 50.1 Å². The summed E-state index contributed by atoms with van der Waals surface area (Å²) in [6, 6.07) is 9.41. The Morgan fingerprint density at radius 3 is 2.14 bits per heavy atom. The van der Waals surface area contributed by atoms with Gasteiger partial charge in [0.25, 0.3) is 5.91 Å². The number of hydrogen-bond donors (Lipinski definition) is 0. The third-order valence-corrected chi connectivity index (χ3v) is 5.93. The van der Waals surface area contributed by atoms with Gasteiger partial charge < -0.3 is 9.80 Å². The summed E-state index contributed by atoms with van der Waals surface area (Å²) in [4.78, 5) is 29.6. The molecule has 0 atom stereocenters. The van der Waals surface area contributed by atoms with Crippen molar-refractivity contribution in [1.82, 2.24) is 19.6 Å². The number of amides is 2. The van der Waals surface area contributed by atoms with Crippen LogP contribution in [0.25, 0.3) is 5.69 Å². The van der Waals surface area contributed by atoms with Crippen molar-refractivity contribution >= 4 is 11.8 Å². The van der Waals surface area contributed by atoms with Crippen LogP contribution in [0.5, 0.6) is 0 Å². The Morgan fingerprint density at radius 2 is 1.54 bits per heavy atom. The second kappa shape index (κ2) is 8.59. The molecule has 2 amide bonds. The molecule has 0 bridgehead atoms. The Hall–Kier alpha value is -2.63. The second-order valence-corrected chi connectivity index (χ2v) is 7.80. The molecular weight excluding hydrogens is 352 g/mol. The molecule has 2 aliphatic heterocycles. The first-order valence-electron chi connectivity index (χ1n) is 10.4. The van der Waals surface area contributed by atoms with Crippen molar-refractivity contribution in [2.24, 2.45) is 5.92 Å². The molecule has 0 aliphatic carbocycles. The summed E-state index contributed by atoms with van der Waals surface area (Å²) in [5.74, 6) is 0.426. The Balaban J connectivity index is 1.33. The van der Waals surface area contributed by atoms with Crippen LogP contribution in [-0.4, -0.2) is 57.6 Å². The molecule has 0 N–H and O–H groups in total. The van der Waals surface area contributed by atoms with E-state index in [9.17, 15) is 9.59 Å². The average Bonchev–Trinajstić information content (AvgIpc) is 3.15. The Bertz CT molecular complexity index is 784. The summed E-state index contributed by atoms with van der Waals surface area (Å²) in [6.07, 6.45) is 9.86. The summed E-state index contributed by atoms with van der Waals surface area (Å²) >= 11 is 0. The summed E-state index contributed by atoms with van der Waals surface area (Å²) < 4.78 is 1.77. The number of nitrogens with zero attached hydrogens (tertiary/aromatic N) is 4. The molecule has 2 fully saturated rings. The van der Waals surface area contributed by atoms with E-state index in [1.54, 1.807) is 10.9 Å². The van der Waals surface area contributed by atoms with Gasteiger partial charge in [-0.25, -0.2) is 4.68 Å². The number of carbonyl (C=O) groups is 2. The van der Waals surface area contributed by atoms with Crippen molar-refractivity contribution in [1.29, 1.82) is 0 Å². The van der Waals surface area contributed by atoms with Gasteiger partial charge in [0.1, 0.15) is 0 Å². The molecule has 28 heavy (non-hydrogen) atoms. The number of hydrogen-bond acceptors (Lipinski definition) is 3. The lowest BCUT2D eigenvalue weighted by Crippen LogP contribution is -2.44. The van der Waals surface area contributed by atoms with Gasteiger partial charge in [-0.15, -0.1) is 0 Å². The van der Waals surface area contributed by atoms with Crippen LogP contribution in [0.15, 0.2) is 42.7 Å². The van der Waals surface area contributed by atoms with E-state index in [2.05, 4.69) is 10.00 Å². The maximum atomic E-state index is 12.8. The minimum Gasteiger partial charge on any atom is -0.342 e. The molecule has 148 valence electrons. The second-order valence-electron chi connectivity index (χ2n) is 7.80. The van der Waals surface area contributed by atoms with Gasteiger partial charge in [0.05, 0.1) is 5.69 Å². The van der Waals surface area contributed by atoms with Crippen LogP contribution in [0, 0.1) is 5.92 Å². The number of benzene rings is 1. The highest BCUT2D eigenvalue weighted by Crippen LogP contribution is 2.23. The third-order valence-electron chi connectivity index (χ3n) is 5.93. The lowest BCUT2D eigenvalue weighted by molar-refractivity contribution is -0.136. The highest BCUT2D eigenvalue weighted by molar-refractivity contribution is 5.94. The van der Waals surface area contributed by atoms with Crippen molar-refractivity contribution in [2.45, 2.75) is 38.5 Å². The number of rotatable bonds is 3. The van der Waals surface area contributed by atoms with Crippen LogP contribution in [0.2, 0.25) is 0 Å². The maximum absolute atomic E-state index is 12.8. The van der Waals surface area contributed by atoms with Crippen LogP contribution in [0.1, 0.15) is 48.9 Å². The van der Waals surface area contributed by atoms with Crippen LogP contribution in [-0.2, 0) is 4.79 Å². The van der Waals surface area contributed by atoms with E-state index >= 15 is 0 Å². The molecule has 0 spiro atoms. The van der Waals surface area contributed by atoms with Gasteiger partial charge in [-0.2, -0.15) is 5.10 Å². The van der Waals surface area contributed by atoms with Crippen LogP contribution in [0.4, 0.5) is 0 Å². The van der Waals surface area contributed by atoms with Gasteiger partial charge in [0.2, 0.25) is 5.91 Å². The molecule has 2 aliphatic rings. The minimum atomic E-state index is 0.0488. The van der Waals surface area contributed by atoms with Crippen LogP contribution < -0.4 is 0 Å². The minimum absolute atomic E-state index is 0.0488. The fourth-order valence-electron chi connectivity index (χ4n) is 4.24. The normalized spacial score (nSPS) is 18.7. The zero-order valence-electron chi connectivity index (χ0n) is 16.3. The summed E-state index contributed by atoms with van der Waals surface area (Å²) in [7, 11) is 0. The Kier molecular flexibility index (Phi) is 5.74. The van der Waals surface area contributed by atoms with Crippen molar-refractivity contribution in [3.8, 4) is 5.69 Å². The number of likely N-dealkylation sites (tertiary alicyclic amines) is 2. The molecule has 1 aromatic carbocycles. The summed E-state index contributed by atoms with van der Waals surface area (Å²) in [6.45, 7) is 3.12. The first kappa shape index (κ1) is 18.7. The Labute approximate surface area is 166 Å². The molecule has 1 aromatic heterocycles. The fourth-order valence-corrected chi connectivity index (χ4v) is 4.24. The molecule has 6 nitrogen and oxygen atoms in total. The molecule has 2 saturated heterocycles. The largest absolute Gasteiger partial charge is 0.342 e. The van der Waals surface area contributed by atoms with Gasteiger partial charge in [-0.05, 0) is 56.0 Å². The smallest absolute Gasteiger partial charge is 0.253 e.